The van der Waals surface area contributed by atoms with Gasteiger partial charge in [-0.05, 0) is 11.5 Å². The van der Waals surface area contributed by atoms with E-state index >= 15 is 0 Å². The van der Waals surface area contributed by atoms with Crippen molar-refractivity contribution in [2.24, 2.45) is 10.7 Å². The van der Waals surface area contributed by atoms with Gasteiger partial charge in [-0.25, -0.2) is 4.98 Å². The van der Waals surface area contributed by atoms with Crippen LogP contribution in [0.1, 0.15) is 5.69 Å². The Kier molecular flexibility index (Phi) is 4.14. The van der Waals surface area contributed by atoms with E-state index in [0.717, 1.165) is 10.8 Å². The lowest BCUT2D eigenvalue weighted by Gasteiger charge is -2.09. The molecular formula is C16H12F3N5O. The molecule has 3 aromatic rings. The summed E-state index contributed by atoms with van der Waals surface area (Å²) in [5.74, 6) is -0.746. The highest BCUT2D eigenvalue weighted by atomic mass is 19.4. The molecule has 0 atom stereocenters. The number of aromatic amines is 1. The van der Waals surface area contributed by atoms with Gasteiger partial charge in [-0.3, -0.25) is 9.78 Å². The van der Waals surface area contributed by atoms with Crippen molar-refractivity contribution in [1.29, 1.82) is 0 Å². The zero-order valence-corrected chi connectivity index (χ0v) is 12.6. The third-order valence-electron chi connectivity index (χ3n) is 3.30. The fourth-order valence-electron chi connectivity index (χ4n) is 2.26. The van der Waals surface area contributed by atoms with Crippen molar-refractivity contribution in [3.8, 4) is 0 Å². The van der Waals surface area contributed by atoms with Crippen molar-refractivity contribution in [2.75, 3.05) is 5.32 Å². The Morgan fingerprint density at radius 3 is 2.64 bits per heavy atom. The quantitative estimate of drug-likeness (QED) is 0.490. The summed E-state index contributed by atoms with van der Waals surface area (Å²) in [6.45, 7) is 0. The summed E-state index contributed by atoms with van der Waals surface area (Å²) in [6, 6.07) is 13.3. The van der Waals surface area contributed by atoms with Crippen LogP contribution in [0.15, 0.2) is 58.3 Å². The van der Waals surface area contributed by atoms with E-state index in [0.29, 0.717) is 11.8 Å². The molecule has 1 heterocycles. The summed E-state index contributed by atoms with van der Waals surface area (Å²) in [6.07, 6.45) is -4.75. The molecule has 128 valence electrons. The van der Waals surface area contributed by atoms with Crippen molar-refractivity contribution in [3.63, 3.8) is 0 Å². The Morgan fingerprint density at radius 2 is 1.88 bits per heavy atom. The van der Waals surface area contributed by atoms with Gasteiger partial charge in [0.1, 0.15) is 0 Å². The van der Waals surface area contributed by atoms with Crippen molar-refractivity contribution in [3.05, 3.63) is 64.6 Å². The molecule has 4 N–H and O–H groups in total. The standard InChI is InChI=1S/C16H12F3N5O/c17-16(18,19)12-8-13(25)23-15(22-12)24-14(20)21-11-7-3-5-9-4-1-2-6-10(9)11/h1-8H,(H4,20,21,22,23,24,25). The first-order chi connectivity index (χ1) is 11.8. The SMILES string of the molecule is N/C(=N\c1nc(C(F)(F)F)cc(=O)[nH]1)Nc1cccc2ccccc12. The molecule has 2 aromatic carbocycles. The van der Waals surface area contributed by atoms with Gasteiger partial charge in [0.25, 0.3) is 5.56 Å². The van der Waals surface area contributed by atoms with Gasteiger partial charge in [0.15, 0.2) is 5.69 Å². The van der Waals surface area contributed by atoms with Crippen LogP contribution in [0, 0.1) is 0 Å². The number of aromatic nitrogens is 2. The highest BCUT2D eigenvalue weighted by molar-refractivity contribution is 6.03. The van der Waals surface area contributed by atoms with Gasteiger partial charge in [-0.15, -0.1) is 0 Å². The second kappa shape index (κ2) is 6.27. The van der Waals surface area contributed by atoms with Crippen LogP contribution in [0.3, 0.4) is 0 Å². The van der Waals surface area contributed by atoms with E-state index in [-0.39, 0.29) is 5.96 Å². The van der Waals surface area contributed by atoms with Crippen molar-refractivity contribution in [1.82, 2.24) is 9.97 Å². The number of H-pyrrole nitrogens is 1. The van der Waals surface area contributed by atoms with Crippen LogP contribution in [-0.4, -0.2) is 15.9 Å². The first-order valence-electron chi connectivity index (χ1n) is 7.10. The number of benzene rings is 2. The number of nitrogens with two attached hydrogens (primary N) is 1. The molecule has 0 bridgehead atoms. The zero-order valence-electron chi connectivity index (χ0n) is 12.6. The third kappa shape index (κ3) is 3.77. The maximum atomic E-state index is 12.7. The minimum absolute atomic E-state index is 0.209. The van der Waals surface area contributed by atoms with E-state index in [4.69, 9.17) is 5.73 Å². The van der Waals surface area contributed by atoms with Gasteiger partial charge in [0.2, 0.25) is 11.9 Å². The molecule has 0 radical (unpaired) electrons. The first-order valence-corrected chi connectivity index (χ1v) is 7.10. The Hall–Kier alpha value is -3.36. The number of guanidine groups is 1. The van der Waals surface area contributed by atoms with Crippen LogP contribution in [0.4, 0.5) is 24.8 Å². The molecule has 0 amide bonds. The Balaban J connectivity index is 1.94. The van der Waals surface area contributed by atoms with Gasteiger partial charge in [-0.2, -0.15) is 18.2 Å². The average Bonchev–Trinajstić information content (AvgIpc) is 2.54. The van der Waals surface area contributed by atoms with Crippen LogP contribution in [0.5, 0.6) is 0 Å². The normalized spacial score (nSPS) is 12.4. The predicted molar refractivity (Wildman–Crippen MR) is 88.7 cm³/mol. The monoisotopic (exact) mass is 347 g/mol. The summed E-state index contributed by atoms with van der Waals surface area (Å²) in [5, 5.41) is 4.60. The van der Waals surface area contributed by atoms with E-state index < -0.39 is 23.4 Å². The Morgan fingerprint density at radius 1 is 1.16 bits per heavy atom. The van der Waals surface area contributed by atoms with Crippen LogP contribution >= 0.6 is 0 Å². The van der Waals surface area contributed by atoms with Gasteiger partial charge >= 0.3 is 6.18 Å². The molecule has 0 aliphatic carbocycles. The molecule has 0 fully saturated rings. The van der Waals surface area contributed by atoms with Crippen LogP contribution in [0.25, 0.3) is 10.8 Å². The van der Waals surface area contributed by atoms with E-state index in [2.05, 4.69) is 20.3 Å². The van der Waals surface area contributed by atoms with Gasteiger partial charge in [-0.1, -0.05) is 36.4 Å². The number of hydrogen-bond acceptors (Lipinski definition) is 3. The van der Waals surface area contributed by atoms with E-state index in [1.807, 2.05) is 30.3 Å². The third-order valence-corrected chi connectivity index (χ3v) is 3.30. The van der Waals surface area contributed by atoms with Gasteiger partial charge < -0.3 is 11.1 Å². The molecule has 1 aromatic heterocycles. The minimum atomic E-state index is -4.75. The summed E-state index contributed by atoms with van der Waals surface area (Å²) in [4.78, 5) is 20.4. The second-order valence-electron chi connectivity index (χ2n) is 5.10. The lowest BCUT2D eigenvalue weighted by molar-refractivity contribution is -0.141. The predicted octanol–water partition coefficient (Wildman–Crippen LogP) is 3.00. The fraction of sp³-hybridized carbons (Fsp3) is 0.0625. The highest BCUT2D eigenvalue weighted by Crippen LogP contribution is 2.27. The number of alkyl halides is 3. The number of rotatable bonds is 2. The lowest BCUT2D eigenvalue weighted by atomic mass is 10.1. The number of nitrogens with one attached hydrogen (secondary N) is 2. The van der Waals surface area contributed by atoms with Gasteiger partial charge in [0, 0.05) is 17.1 Å². The molecule has 0 saturated heterocycles. The fourth-order valence-corrected chi connectivity index (χ4v) is 2.26. The molecule has 9 heteroatoms. The van der Waals surface area contributed by atoms with Crippen LogP contribution < -0.4 is 16.6 Å². The number of fused-ring (bicyclic) bond motifs is 1. The number of halogens is 3. The molecule has 25 heavy (non-hydrogen) atoms. The number of nitrogens with zero attached hydrogens (tertiary/aromatic N) is 2. The maximum absolute atomic E-state index is 12.7. The van der Waals surface area contributed by atoms with Crippen molar-refractivity contribution >= 4 is 28.4 Å². The van der Waals surface area contributed by atoms with Crippen molar-refractivity contribution in [2.45, 2.75) is 6.18 Å². The second-order valence-corrected chi connectivity index (χ2v) is 5.10. The number of anilines is 1. The summed E-state index contributed by atoms with van der Waals surface area (Å²) < 4.78 is 38.1. The smallest absolute Gasteiger partial charge is 0.369 e. The van der Waals surface area contributed by atoms with E-state index in [1.54, 1.807) is 12.1 Å². The Bertz CT molecular complexity index is 1010. The molecule has 0 aliphatic heterocycles. The summed E-state index contributed by atoms with van der Waals surface area (Å²) >= 11 is 0. The topological polar surface area (TPSA) is 96.2 Å². The molecular weight excluding hydrogens is 335 g/mol. The Labute approximate surface area is 139 Å². The molecule has 0 saturated carbocycles. The average molecular weight is 347 g/mol. The molecule has 0 spiro atoms. The van der Waals surface area contributed by atoms with Gasteiger partial charge in [0.05, 0.1) is 0 Å². The number of hydrogen-bond donors (Lipinski definition) is 3. The van der Waals surface area contributed by atoms with Crippen molar-refractivity contribution < 1.29 is 13.2 Å². The molecule has 0 unspecified atom stereocenters. The lowest BCUT2D eigenvalue weighted by Crippen LogP contribution is -2.23. The maximum Gasteiger partial charge on any atom is 0.433 e. The zero-order chi connectivity index (χ0) is 18.0. The molecule has 6 nitrogen and oxygen atoms in total. The summed E-state index contributed by atoms with van der Waals surface area (Å²) in [7, 11) is 0. The highest BCUT2D eigenvalue weighted by Gasteiger charge is 2.33. The van der Waals surface area contributed by atoms with E-state index in [9.17, 15) is 18.0 Å². The molecule has 3 rings (SSSR count). The number of aliphatic imine (C=N–C) groups is 1. The largest absolute Gasteiger partial charge is 0.433 e. The van der Waals surface area contributed by atoms with Crippen LogP contribution in [0.2, 0.25) is 0 Å². The van der Waals surface area contributed by atoms with Crippen LogP contribution in [-0.2, 0) is 6.18 Å². The molecule has 0 aliphatic rings. The minimum Gasteiger partial charge on any atom is -0.369 e. The first kappa shape index (κ1) is 16.5. The summed E-state index contributed by atoms with van der Waals surface area (Å²) in [5.41, 5.74) is 4.04. The van der Waals surface area contributed by atoms with E-state index in [1.165, 1.54) is 0 Å².